The molecular weight excluding hydrogens is 370 g/mol. The van der Waals surface area contributed by atoms with Crippen molar-refractivity contribution in [3.8, 4) is 22.5 Å². The summed E-state index contributed by atoms with van der Waals surface area (Å²) < 4.78 is 1.99. The molecule has 2 aromatic carbocycles. The third-order valence-electron chi connectivity index (χ3n) is 4.57. The first kappa shape index (κ1) is 18.4. The molecule has 0 unspecified atom stereocenters. The number of thiol groups is 1. The Morgan fingerprint density at radius 1 is 1.04 bits per heavy atom. The maximum atomic E-state index is 4.62. The summed E-state index contributed by atoms with van der Waals surface area (Å²) in [5.74, 6) is 3.27. The van der Waals surface area contributed by atoms with E-state index < -0.39 is 0 Å². The fraction of sp³-hybridized carbons (Fsp3) is 0.250. The lowest BCUT2D eigenvalue weighted by Crippen LogP contribution is -2.06. The minimum atomic E-state index is 0.659. The molecule has 4 aromatic rings. The second kappa shape index (κ2) is 8.35. The third kappa shape index (κ3) is 3.82. The van der Waals surface area contributed by atoms with Crippen molar-refractivity contribution in [2.45, 2.75) is 26.3 Å². The molecule has 28 heavy (non-hydrogen) atoms. The molecule has 2 heterocycles. The van der Waals surface area contributed by atoms with Gasteiger partial charge in [-0.1, -0.05) is 55.5 Å². The highest BCUT2D eigenvalue weighted by Gasteiger charge is 2.11. The second-order valence-corrected chi connectivity index (χ2v) is 6.87. The standard InChI is InChI=1S/C20H21N7S/c1-2-19-21-18(11-12-28)24-27(19)13-14-7-9-15(10-8-14)16-5-3-4-6-17(16)20-22-25-26-23-20/h3-10,28H,2,11-13H2,1H3,(H,22,23,25,26). The summed E-state index contributed by atoms with van der Waals surface area (Å²) in [7, 11) is 0. The number of aromatic nitrogens is 7. The summed E-state index contributed by atoms with van der Waals surface area (Å²) in [4.78, 5) is 4.60. The first-order valence-corrected chi connectivity index (χ1v) is 9.87. The lowest BCUT2D eigenvalue weighted by Gasteiger charge is -2.09. The van der Waals surface area contributed by atoms with Crippen LogP contribution in [0.2, 0.25) is 0 Å². The number of nitrogens with zero attached hydrogens (tertiary/aromatic N) is 6. The Bertz CT molecular complexity index is 1040. The van der Waals surface area contributed by atoms with Crippen molar-refractivity contribution in [2.75, 3.05) is 5.75 Å². The van der Waals surface area contributed by atoms with Crippen molar-refractivity contribution >= 4 is 12.6 Å². The first-order chi connectivity index (χ1) is 13.8. The molecule has 4 rings (SSSR count). The zero-order valence-electron chi connectivity index (χ0n) is 15.6. The lowest BCUT2D eigenvalue weighted by atomic mass is 9.98. The van der Waals surface area contributed by atoms with Crippen LogP contribution in [-0.4, -0.2) is 41.1 Å². The van der Waals surface area contributed by atoms with Crippen molar-refractivity contribution in [3.05, 3.63) is 65.7 Å². The second-order valence-electron chi connectivity index (χ2n) is 6.42. The summed E-state index contributed by atoms with van der Waals surface area (Å²) in [6.07, 6.45) is 1.64. The van der Waals surface area contributed by atoms with Gasteiger partial charge in [0.15, 0.2) is 11.6 Å². The quantitative estimate of drug-likeness (QED) is 0.473. The van der Waals surface area contributed by atoms with Gasteiger partial charge in [0, 0.05) is 18.4 Å². The zero-order chi connectivity index (χ0) is 19.3. The van der Waals surface area contributed by atoms with Gasteiger partial charge in [-0.05, 0) is 32.9 Å². The van der Waals surface area contributed by atoms with Crippen LogP contribution in [0.4, 0.5) is 0 Å². The Labute approximate surface area is 168 Å². The van der Waals surface area contributed by atoms with E-state index in [1.54, 1.807) is 0 Å². The van der Waals surface area contributed by atoms with Crippen molar-refractivity contribution in [1.29, 1.82) is 0 Å². The zero-order valence-corrected chi connectivity index (χ0v) is 16.5. The number of benzene rings is 2. The van der Waals surface area contributed by atoms with Crippen LogP contribution < -0.4 is 0 Å². The third-order valence-corrected chi connectivity index (χ3v) is 4.79. The van der Waals surface area contributed by atoms with Gasteiger partial charge < -0.3 is 0 Å². The van der Waals surface area contributed by atoms with E-state index in [0.717, 1.165) is 46.9 Å². The van der Waals surface area contributed by atoms with E-state index >= 15 is 0 Å². The molecular formula is C20H21N7S. The average molecular weight is 392 g/mol. The minimum absolute atomic E-state index is 0.659. The number of nitrogens with one attached hydrogen (secondary N) is 1. The molecule has 0 radical (unpaired) electrons. The van der Waals surface area contributed by atoms with E-state index in [9.17, 15) is 0 Å². The maximum absolute atomic E-state index is 4.62. The number of rotatable bonds is 7. The summed E-state index contributed by atoms with van der Waals surface area (Å²) in [5, 5.41) is 18.9. The van der Waals surface area contributed by atoms with Gasteiger partial charge in [0.25, 0.3) is 0 Å². The highest BCUT2D eigenvalue weighted by molar-refractivity contribution is 7.80. The van der Waals surface area contributed by atoms with Crippen LogP contribution >= 0.6 is 12.6 Å². The summed E-state index contributed by atoms with van der Waals surface area (Å²) in [5.41, 5.74) is 4.35. The van der Waals surface area contributed by atoms with E-state index in [0.29, 0.717) is 12.4 Å². The molecule has 0 bridgehead atoms. The number of hydrogen-bond acceptors (Lipinski definition) is 6. The monoisotopic (exact) mass is 391 g/mol. The highest BCUT2D eigenvalue weighted by Crippen LogP contribution is 2.29. The van der Waals surface area contributed by atoms with Gasteiger partial charge in [-0.3, -0.25) is 0 Å². The Kier molecular flexibility index (Phi) is 5.48. The minimum Gasteiger partial charge on any atom is -0.245 e. The molecule has 8 heteroatoms. The van der Waals surface area contributed by atoms with Crippen LogP contribution in [-0.2, 0) is 19.4 Å². The number of tetrazole rings is 1. The highest BCUT2D eigenvalue weighted by atomic mass is 32.1. The van der Waals surface area contributed by atoms with Gasteiger partial charge in [0.2, 0.25) is 0 Å². The smallest absolute Gasteiger partial charge is 0.180 e. The topological polar surface area (TPSA) is 85.2 Å². The van der Waals surface area contributed by atoms with Crippen LogP contribution in [0, 0.1) is 0 Å². The largest absolute Gasteiger partial charge is 0.245 e. The Balaban J connectivity index is 1.59. The molecule has 0 aliphatic heterocycles. The van der Waals surface area contributed by atoms with E-state index in [4.69, 9.17) is 0 Å². The van der Waals surface area contributed by atoms with E-state index in [2.05, 4.69) is 80.6 Å². The fourth-order valence-corrected chi connectivity index (χ4v) is 3.40. The van der Waals surface area contributed by atoms with Gasteiger partial charge >= 0.3 is 0 Å². The van der Waals surface area contributed by atoms with Crippen LogP contribution in [0.3, 0.4) is 0 Å². The van der Waals surface area contributed by atoms with Gasteiger partial charge in [-0.15, -0.1) is 5.10 Å². The fourth-order valence-electron chi connectivity index (χ4n) is 3.20. The van der Waals surface area contributed by atoms with Crippen molar-refractivity contribution in [3.63, 3.8) is 0 Å². The molecule has 0 aliphatic carbocycles. The first-order valence-electron chi connectivity index (χ1n) is 9.24. The molecule has 2 aromatic heterocycles. The number of hydrogen-bond donors (Lipinski definition) is 2. The number of H-pyrrole nitrogens is 1. The van der Waals surface area contributed by atoms with Gasteiger partial charge in [-0.25, -0.2) is 14.8 Å². The normalized spacial score (nSPS) is 11.1. The number of aryl methyl sites for hydroxylation is 2. The van der Waals surface area contributed by atoms with E-state index in [1.807, 2.05) is 22.9 Å². The molecule has 0 spiro atoms. The molecule has 1 N–H and O–H groups in total. The van der Waals surface area contributed by atoms with Crippen LogP contribution in [0.5, 0.6) is 0 Å². The molecule has 0 amide bonds. The van der Waals surface area contributed by atoms with Crippen LogP contribution in [0.1, 0.15) is 24.1 Å². The molecule has 0 saturated heterocycles. The SMILES string of the molecule is CCc1nc(CCS)nn1Cc1ccc(-c2ccccc2-c2nnn[nH]2)cc1. The molecule has 142 valence electrons. The summed E-state index contributed by atoms with van der Waals surface area (Å²) in [6, 6.07) is 16.6. The molecule has 0 saturated carbocycles. The van der Waals surface area contributed by atoms with Crippen LogP contribution in [0.25, 0.3) is 22.5 Å². The molecule has 0 aliphatic rings. The maximum Gasteiger partial charge on any atom is 0.180 e. The Morgan fingerprint density at radius 2 is 1.82 bits per heavy atom. The predicted octanol–water partition coefficient (Wildman–Crippen LogP) is 3.21. The van der Waals surface area contributed by atoms with Crippen molar-refractivity contribution < 1.29 is 0 Å². The molecule has 0 fully saturated rings. The Morgan fingerprint density at radius 3 is 2.50 bits per heavy atom. The summed E-state index contributed by atoms with van der Waals surface area (Å²) in [6.45, 7) is 2.81. The summed E-state index contributed by atoms with van der Waals surface area (Å²) >= 11 is 4.28. The molecule has 7 nitrogen and oxygen atoms in total. The van der Waals surface area contributed by atoms with Gasteiger partial charge in [0.1, 0.15) is 5.82 Å². The van der Waals surface area contributed by atoms with Crippen molar-refractivity contribution in [2.24, 2.45) is 0 Å². The average Bonchev–Trinajstić information content (AvgIpc) is 3.39. The van der Waals surface area contributed by atoms with Crippen molar-refractivity contribution in [1.82, 2.24) is 35.4 Å². The van der Waals surface area contributed by atoms with E-state index in [1.165, 1.54) is 5.56 Å². The number of aromatic amines is 1. The van der Waals surface area contributed by atoms with Crippen LogP contribution in [0.15, 0.2) is 48.5 Å². The Hall–Kier alpha value is -3.00. The lowest BCUT2D eigenvalue weighted by molar-refractivity contribution is 0.637. The van der Waals surface area contributed by atoms with E-state index in [-0.39, 0.29) is 0 Å². The van der Waals surface area contributed by atoms with Gasteiger partial charge in [0.05, 0.1) is 6.54 Å². The predicted molar refractivity (Wildman–Crippen MR) is 111 cm³/mol. The molecule has 0 atom stereocenters. The van der Waals surface area contributed by atoms with Gasteiger partial charge in [-0.2, -0.15) is 17.7 Å².